The molecule has 0 saturated heterocycles. The van der Waals surface area contributed by atoms with Gasteiger partial charge in [-0.3, -0.25) is 0 Å². The first-order valence-corrected chi connectivity index (χ1v) is 5.41. The predicted octanol–water partition coefficient (Wildman–Crippen LogP) is 4.08. The summed E-state index contributed by atoms with van der Waals surface area (Å²) in [5.41, 5.74) is 1.98. The Balaban J connectivity index is 2.47. The molecule has 1 aromatic carbocycles. The average molecular weight is 225 g/mol. The first kappa shape index (κ1) is 9.56. The van der Waals surface area contributed by atoms with Gasteiger partial charge in [0, 0.05) is 4.88 Å². The summed E-state index contributed by atoms with van der Waals surface area (Å²) in [7, 11) is 0. The van der Waals surface area contributed by atoms with E-state index in [4.69, 9.17) is 11.6 Å². The molecule has 0 amide bonds. The smallest absolute Gasteiger partial charge is 0.118 e. The van der Waals surface area contributed by atoms with Gasteiger partial charge in [-0.25, -0.2) is 0 Å². The molecule has 0 bridgehead atoms. The minimum Gasteiger partial charge on any atom is -0.508 e. The van der Waals surface area contributed by atoms with E-state index in [2.05, 4.69) is 0 Å². The van der Waals surface area contributed by atoms with Gasteiger partial charge in [0.1, 0.15) is 5.75 Å². The van der Waals surface area contributed by atoms with E-state index in [0.717, 1.165) is 20.3 Å². The van der Waals surface area contributed by atoms with Crippen LogP contribution in [0.3, 0.4) is 0 Å². The van der Waals surface area contributed by atoms with E-state index in [9.17, 15) is 5.11 Å². The summed E-state index contributed by atoms with van der Waals surface area (Å²) in [6.45, 7) is 1.88. The van der Waals surface area contributed by atoms with Crippen LogP contribution in [0.25, 0.3) is 10.4 Å². The molecule has 14 heavy (non-hydrogen) atoms. The van der Waals surface area contributed by atoms with Gasteiger partial charge < -0.3 is 5.11 Å². The Kier molecular flexibility index (Phi) is 2.48. The van der Waals surface area contributed by atoms with Gasteiger partial charge >= 0.3 is 0 Å². The van der Waals surface area contributed by atoms with Crippen molar-refractivity contribution in [2.45, 2.75) is 6.92 Å². The molecule has 0 saturated carbocycles. The fourth-order valence-corrected chi connectivity index (χ4v) is 2.32. The Bertz CT molecular complexity index is 462. The zero-order chi connectivity index (χ0) is 10.1. The minimum atomic E-state index is 0.330. The maximum absolute atomic E-state index is 9.37. The molecule has 0 spiro atoms. The van der Waals surface area contributed by atoms with Crippen LogP contribution in [0.1, 0.15) is 5.56 Å². The highest BCUT2D eigenvalue weighted by Crippen LogP contribution is 2.32. The van der Waals surface area contributed by atoms with E-state index in [1.165, 1.54) is 11.3 Å². The highest BCUT2D eigenvalue weighted by Gasteiger charge is 2.03. The molecule has 1 aromatic heterocycles. The normalized spacial score (nSPS) is 10.4. The Morgan fingerprint density at radius 3 is 2.57 bits per heavy atom. The number of phenols is 1. The maximum Gasteiger partial charge on any atom is 0.118 e. The standard InChI is InChI=1S/C11H9ClOS/c1-7-6-8(2-3-9(7)13)10-4-5-11(12)14-10/h2-6,13H,1H3. The number of aromatic hydroxyl groups is 1. The van der Waals surface area contributed by atoms with E-state index in [1.807, 2.05) is 31.2 Å². The highest BCUT2D eigenvalue weighted by atomic mass is 35.5. The number of benzene rings is 1. The third-order valence-electron chi connectivity index (χ3n) is 2.05. The van der Waals surface area contributed by atoms with E-state index in [-0.39, 0.29) is 0 Å². The fraction of sp³-hybridized carbons (Fsp3) is 0.0909. The lowest BCUT2D eigenvalue weighted by Gasteiger charge is -2.01. The molecule has 0 radical (unpaired) electrons. The average Bonchev–Trinajstić information content (AvgIpc) is 2.57. The molecule has 0 atom stereocenters. The predicted molar refractivity (Wildman–Crippen MR) is 61.2 cm³/mol. The van der Waals surface area contributed by atoms with Crippen molar-refractivity contribution in [3.63, 3.8) is 0 Å². The molecule has 2 rings (SSSR count). The third-order valence-corrected chi connectivity index (χ3v) is 3.33. The van der Waals surface area contributed by atoms with E-state index in [0.29, 0.717) is 5.75 Å². The molecule has 1 N–H and O–H groups in total. The van der Waals surface area contributed by atoms with E-state index < -0.39 is 0 Å². The van der Waals surface area contributed by atoms with Crippen LogP contribution in [-0.2, 0) is 0 Å². The van der Waals surface area contributed by atoms with Crippen LogP contribution in [0.15, 0.2) is 30.3 Å². The van der Waals surface area contributed by atoms with Gasteiger partial charge in [0.05, 0.1) is 4.34 Å². The first-order valence-electron chi connectivity index (χ1n) is 4.22. The Morgan fingerprint density at radius 2 is 2.00 bits per heavy atom. The number of phenolic OH excluding ortho intramolecular Hbond substituents is 1. The number of halogens is 1. The molecule has 0 aliphatic rings. The number of thiophene rings is 1. The van der Waals surface area contributed by atoms with Gasteiger partial charge in [0.15, 0.2) is 0 Å². The highest BCUT2D eigenvalue weighted by molar-refractivity contribution is 7.19. The molecule has 1 heterocycles. The largest absolute Gasteiger partial charge is 0.508 e. The van der Waals surface area contributed by atoms with Gasteiger partial charge in [0.2, 0.25) is 0 Å². The van der Waals surface area contributed by atoms with E-state index >= 15 is 0 Å². The van der Waals surface area contributed by atoms with Crippen LogP contribution in [-0.4, -0.2) is 5.11 Å². The van der Waals surface area contributed by atoms with Crippen molar-refractivity contribution in [1.29, 1.82) is 0 Å². The summed E-state index contributed by atoms with van der Waals surface area (Å²) in [6.07, 6.45) is 0. The topological polar surface area (TPSA) is 20.2 Å². The van der Waals surface area contributed by atoms with Gasteiger partial charge in [-0.05, 0) is 48.4 Å². The number of hydrogen-bond donors (Lipinski definition) is 1. The minimum absolute atomic E-state index is 0.330. The van der Waals surface area contributed by atoms with Gasteiger partial charge in [-0.15, -0.1) is 11.3 Å². The Morgan fingerprint density at radius 1 is 1.21 bits per heavy atom. The second kappa shape index (κ2) is 3.64. The van der Waals surface area contributed by atoms with Crippen molar-refractivity contribution >= 4 is 22.9 Å². The van der Waals surface area contributed by atoms with Crippen molar-refractivity contribution in [1.82, 2.24) is 0 Å². The van der Waals surface area contributed by atoms with Crippen molar-refractivity contribution in [3.05, 3.63) is 40.2 Å². The van der Waals surface area contributed by atoms with Crippen molar-refractivity contribution in [2.24, 2.45) is 0 Å². The second-order valence-electron chi connectivity index (χ2n) is 3.11. The van der Waals surface area contributed by atoms with Crippen LogP contribution >= 0.6 is 22.9 Å². The maximum atomic E-state index is 9.37. The molecule has 1 nitrogen and oxygen atoms in total. The summed E-state index contributed by atoms with van der Waals surface area (Å²) < 4.78 is 0.783. The molecule has 3 heteroatoms. The van der Waals surface area contributed by atoms with Crippen molar-refractivity contribution in [3.8, 4) is 16.2 Å². The fourth-order valence-electron chi connectivity index (χ4n) is 1.28. The molecule has 0 aliphatic carbocycles. The molecule has 0 fully saturated rings. The number of hydrogen-bond acceptors (Lipinski definition) is 2. The summed E-state index contributed by atoms with van der Waals surface area (Å²) in [5, 5.41) is 9.37. The van der Waals surface area contributed by atoms with Crippen LogP contribution in [0, 0.1) is 6.92 Å². The molecule has 72 valence electrons. The SMILES string of the molecule is Cc1cc(-c2ccc(Cl)s2)ccc1O. The summed E-state index contributed by atoms with van der Waals surface area (Å²) >= 11 is 7.39. The van der Waals surface area contributed by atoms with Gasteiger partial charge in [-0.1, -0.05) is 11.6 Å². The van der Waals surface area contributed by atoms with Crippen LogP contribution in [0.5, 0.6) is 5.75 Å². The van der Waals surface area contributed by atoms with Gasteiger partial charge in [-0.2, -0.15) is 0 Å². The molecule has 2 aromatic rings. The van der Waals surface area contributed by atoms with Crippen molar-refractivity contribution in [2.75, 3.05) is 0 Å². The monoisotopic (exact) mass is 224 g/mol. The molecular formula is C11H9ClOS. The Labute approximate surface area is 91.6 Å². The number of rotatable bonds is 1. The molecular weight excluding hydrogens is 216 g/mol. The van der Waals surface area contributed by atoms with Crippen LogP contribution < -0.4 is 0 Å². The lowest BCUT2D eigenvalue weighted by atomic mass is 10.1. The summed E-state index contributed by atoms with van der Waals surface area (Å²) in [5.74, 6) is 0.330. The first-order chi connectivity index (χ1) is 6.66. The second-order valence-corrected chi connectivity index (χ2v) is 4.82. The molecule has 0 aliphatic heterocycles. The quantitative estimate of drug-likeness (QED) is 0.774. The summed E-state index contributed by atoms with van der Waals surface area (Å²) in [4.78, 5) is 1.12. The van der Waals surface area contributed by atoms with Crippen LogP contribution in [0.4, 0.5) is 0 Å². The van der Waals surface area contributed by atoms with Crippen molar-refractivity contribution < 1.29 is 5.11 Å². The number of aryl methyl sites for hydroxylation is 1. The zero-order valence-electron chi connectivity index (χ0n) is 7.62. The van der Waals surface area contributed by atoms with Crippen LogP contribution in [0.2, 0.25) is 4.34 Å². The molecule has 0 unspecified atom stereocenters. The third kappa shape index (κ3) is 1.76. The van der Waals surface area contributed by atoms with E-state index in [1.54, 1.807) is 6.07 Å². The Hall–Kier alpha value is -0.990. The zero-order valence-corrected chi connectivity index (χ0v) is 9.19. The lowest BCUT2D eigenvalue weighted by molar-refractivity contribution is 0.471. The summed E-state index contributed by atoms with van der Waals surface area (Å²) in [6, 6.07) is 9.42. The van der Waals surface area contributed by atoms with Gasteiger partial charge in [0.25, 0.3) is 0 Å². The lowest BCUT2D eigenvalue weighted by Crippen LogP contribution is -1.76.